The van der Waals surface area contributed by atoms with Crippen LogP contribution in [0.5, 0.6) is 0 Å². The van der Waals surface area contributed by atoms with Crippen LogP contribution >= 0.6 is 0 Å². The molecule has 0 N–H and O–H groups in total. The number of hydrogen-bond donors (Lipinski definition) is 0. The van der Waals surface area contributed by atoms with Gasteiger partial charge in [-0.25, -0.2) is 0 Å². The van der Waals surface area contributed by atoms with E-state index < -0.39 is 10.6 Å². The Labute approximate surface area is 64.0 Å². The van der Waals surface area contributed by atoms with E-state index in [4.69, 9.17) is 10.00 Å². The first kappa shape index (κ1) is 9.43. The zero-order valence-electron chi connectivity index (χ0n) is 6.33. The number of allylic oxidation sites excluding steroid dienone is 2. The van der Waals surface area contributed by atoms with Crippen LogP contribution in [0.4, 0.5) is 0 Å². The molecule has 0 aliphatic heterocycles. The van der Waals surface area contributed by atoms with Crippen molar-refractivity contribution in [3.63, 3.8) is 0 Å². The number of rotatable bonds is 3. The minimum Gasteiger partial charge on any atom is -0.491 e. The Morgan fingerprint density at radius 2 is 2.36 bits per heavy atom. The molecule has 0 unspecified atom stereocenters. The van der Waals surface area contributed by atoms with Gasteiger partial charge in [0, 0.05) is 6.92 Å². The van der Waals surface area contributed by atoms with Crippen molar-refractivity contribution in [2.24, 2.45) is 0 Å². The van der Waals surface area contributed by atoms with Crippen molar-refractivity contribution in [3.8, 4) is 6.07 Å². The highest BCUT2D eigenvalue weighted by molar-refractivity contribution is 5.14. The minimum atomic E-state index is -0.759. The third-order valence-electron chi connectivity index (χ3n) is 0.983. The van der Waals surface area contributed by atoms with Crippen molar-refractivity contribution >= 4 is 0 Å². The highest BCUT2D eigenvalue weighted by atomic mass is 16.6. The van der Waals surface area contributed by atoms with E-state index in [1.807, 2.05) is 0 Å². The zero-order valence-corrected chi connectivity index (χ0v) is 6.33. The zero-order chi connectivity index (χ0) is 8.85. The molecule has 0 heterocycles. The molecule has 0 saturated heterocycles. The Hall–Kier alpha value is -1.57. The van der Waals surface area contributed by atoms with Gasteiger partial charge in [0.2, 0.25) is 0 Å². The molecule has 5 heteroatoms. The first-order valence-electron chi connectivity index (χ1n) is 3.01. The van der Waals surface area contributed by atoms with E-state index in [2.05, 4.69) is 0 Å². The van der Waals surface area contributed by atoms with Crippen molar-refractivity contribution in [1.82, 2.24) is 0 Å². The predicted molar refractivity (Wildman–Crippen MR) is 36.9 cm³/mol. The van der Waals surface area contributed by atoms with Gasteiger partial charge in [0.1, 0.15) is 0 Å². The second-order valence-corrected chi connectivity index (χ2v) is 1.71. The lowest BCUT2D eigenvalue weighted by atomic mass is 10.4. The van der Waals surface area contributed by atoms with Gasteiger partial charge in [-0.1, -0.05) is 0 Å². The Bertz CT molecular complexity index is 226. The molecule has 0 aromatic carbocycles. The fourth-order valence-corrected chi connectivity index (χ4v) is 0.533. The van der Waals surface area contributed by atoms with Crippen LogP contribution in [0.15, 0.2) is 11.5 Å². The average molecular weight is 156 g/mol. The smallest absolute Gasteiger partial charge is 0.382 e. The lowest BCUT2D eigenvalue weighted by Gasteiger charge is -1.98. The van der Waals surface area contributed by atoms with E-state index in [0.717, 1.165) is 0 Å². The fourth-order valence-electron chi connectivity index (χ4n) is 0.533. The van der Waals surface area contributed by atoms with Crippen LogP contribution in [0.25, 0.3) is 0 Å². The molecule has 0 radical (unpaired) electrons. The number of hydrogen-bond acceptors (Lipinski definition) is 4. The van der Waals surface area contributed by atoms with Crippen molar-refractivity contribution in [2.45, 2.75) is 13.8 Å². The van der Waals surface area contributed by atoms with Crippen molar-refractivity contribution < 1.29 is 9.66 Å². The van der Waals surface area contributed by atoms with Crippen LogP contribution in [0.3, 0.4) is 0 Å². The summed E-state index contributed by atoms with van der Waals surface area (Å²) in [5, 5.41) is 18.4. The standard InChI is InChI=1S/C6H8N2O3/c1-3-11-5(2)6(4-7)8(9)10/h3H2,1-2H3/b6-5-. The SMILES string of the molecule is CCO/C(C)=C(/C#N)[N+](=O)[O-]. The lowest BCUT2D eigenvalue weighted by molar-refractivity contribution is -0.420. The van der Waals surface area contributed by atoms with Crippen molar-refractivity contribution in [2.75, 3.05) is 6.61 Å². The molecule has 0 rings (SSSR count). The second-order valence-electron chi connectivity index (χ2n) is 1.71. The third-order valence-corrected chi connectivity index (χ3v) is 0.983. The van der Waals surface area contributed by atoms with Gasteiger partial charge in [0.05, 0.1) is 11.5 Å². The van der Waals surface area contributed by atoms with Gasteiger partial charge in [-0.2, -0.15) is 5.26 Å². The van der Waals surface area contributed by atoms with E-state index in [1.165, 1.54) is 13.0 Å². The van der Waals surface area contributed by atoms with Crippen LogP contribution in [-0.2, 0) is 4.74 Å². The Morgan fingerprint density at radius 1 is 1.82 bits per heavy atom. The van der Waals surface area contributed by atoms with Crippen LogP contribution in [0, 0.1) is 21.4 Å². The summed E-state index contributed by atoms with van der Waals surface area (Å²) < 4.78 is 4.77. The number of nitrogens with zero attached hydrogens (tertiary/aromatic N) is 2. The van der Waals surface area contributed by atoms with Crippen LogP contribution in [0.2, 0.25) is 0 Å². The molecule has 0 aromatic rings. The summed E-state index contributed by atoms with van der Waals surface area (Å²) in [6, 6.07) is 1.44. The molecule has 11 heavy (non-hydrogen) atoms. The van der Waals surface area contributed by atoms with Gasteiger partial charge < -0.3 is 4.74 Å². The fraction of sp³-hybridized carbons (Fsp3) is 0.500. The molecule has 60 valence electrons. The summed E-state index contributed by atoms with van der Waals surface area (Å²) >= 11 is 0. The van der Waals surface area contributed by atoms with E-state index in [9.17, 15) is 10.1 Å². The minimum absolute atomic E-state index is 0.0556. The van der Waals surface area contributed by atoms with Crippen LogP contribution in [0.1, 0.15) is 13.8 Å². The monoisotopic (exact) mass is 156 g/mol. The summed E-state index contributed by atoms with van der Waals surface area (Å²) in [5.74, 6) is 0.0556. The number of ether oxygens (including phenoxy) is 1. The van der Waals surface area contributed by atoms with Gasteiger partial charge in [-0.05, 0) is 6.92 Å². The molecule has 0 aliphatic rings. The number of nitro groups is 1. The molecule has 0 aliphatic carbocycles. The predicted octanol–water partition coefficient (Wildman–Crippen LogP) is 1.05. The summed E-state index contributed by atoms with van der Waals surface area (Å²) in [6.07, 6.45) is 0. The maximum absolute atomic E-state index is 10.1. The molecule has 0 saturated carbocycles. The molecule has 0 bridgehead atoms. The van der Waals surface area contributed by atoms with Crippen LogP contribution < -0.4 is 0 Å². The largest absolute Gasteiger partial charge is 0.491 e. The maximum Gasteiger partial charge on any atom is 0.382 e. The lowest BCUT2D eigenvalue weighted by Crippen LogP contribution is -2.01. The molecule has 0 amide bonds. The normalized spacial score (nSPS) is 11.4. The highest BCUT2D eigenvalue weighted by Gasteiger charge is 2.14. The Balaban J connectivity index is 4.58. The molecule has 0 fully saturated rings. The van der Waals surface area contributed by atoms with Gasteiger partial charge >= 0.3 is 5.70 Å². The summed E-state index contributed by atoms with van der Waals surface area (Å²) in [7, 11) is 0. The number of nitriles is 1. The first-order chi connectivity index (χ1) is 5.13. The van der Waals surface area contributed by atoms with E-state index in [-0.39, 0.29) is 5.76 Å². The van der Waals surface area contributed by atoms with Crippen LogP contribution in [-0.4, -0.2) is 11.5 Å². The topological polar surface area (TPSA) is 76.2 Å². The van der Waals surface area contributed by atoms with Crippen molar-refractivity contribution in [1.29, 1.82) is 5.26 Å². The molecular formula is C6H8N2O3. The molecule has 5 nitrogen and oxygen atoms in total. The third kappa shape index (κ3) is 2.67. The molecule has 0 atom stereocenters. The quantitative estimate of drug-likeness (QED) is 0.265. The Kier molecular flexibility index (Phi) is 3.67. The summed E-state index contributed by atoms with van der Waals surface area (Å²) in [6.45, 7) is 3.41. The Morgan fingerprint density at radius 3 is 2.64 bits per heavy atom. The van der Waals surface area contributed by atoms with E-state index >= 15 is 0 Å². The summed E-state index contributed by atoms with van der Waals surface area (Å²) in [4.78, 5) is 9.33. The van der Waals surface area contributed by atoms with Crippen molar-refractivity contribution in [3.05, 3.63) is 21.6 Å². The van der Waals surface area contributed by atoms with Gasteiger partial charge in [0.15, 0.2) is 11.8 Å². The molecule has 0 spiro atoms. The molecule has 0 aromatic heterocycles. The second kappa shape index (κ2) is 4.28. The summed E-state index contributed by atoms with van der Waals surface area (Å²) in [5.41, 5.74) is -0.535. The van der Waals surface area contributed by atoms with E-state index in [1.54, 1.807) is 6.92 Å². The van der Waals surface area contributed by atoms with E-state index in [0.29, 0.717) is 6.61 Å². The van der Waals surface area contributed by atoms with Gasteiger partial charge in [-0.15, -0.1) is 0 Å². The molecular weight excluding hydrogens is 148 g/mol. The maximum atomic E-state index is 10.1. The first-order valence-corrected chi connectivity index (χ1v) is 3.01. The average Bonchev–Trinajstić information content (AvgIpc) is 1.88. The van der Waals surface area contributed by atoms with Gasteiger partial charge in [-0.3, -0.25) is 10.1 Å². The van der Waals surface area contributed by atoms with Gasteiger partial charge in [0.25, 0.3) is 0 Å². The highest BCUT2D eigenvalue weighted by Crippen LogP contribution is 2.04.